The molecular formula is C18H18N2O3S2. The molecular weight excluding hydrogens is 356 g/mol. The van der Waals surface area contributed by atoms with Gasteiger partial charge in [0.2, 0.25) is 0 Å². The molecule has 1 amide bonds. The molecule has 2 heterocycles. The Morgan fingerprint density at radius 3 is 2.84 bits per heavy atom. The minimum Gasteiger partial charge on any atom is -0.480 e. The molecule has 1 aromatic carbocycles. The Hall–Kier alpha value is -2.12. The minimum atomic E-state index is -1.08. The third-order valence-corrected chi connectivity index (χ3v) is 5.40. The van der Waals surface area contributed by atoms with Crippen molar-refractivity contribution in [1.82, 2.24) is 9.47 Å². The van der Waals surface area contributed by atoms with Gasteiger partial charge in [0.25, 0.3) is 5.91 Å². The maximum Gasteiger partial charge on any atom is 0.323 e. The Kier molecular flexibility index (Phi) is 5.24. The predicted octanol–water partition coefficient (Wildman–Crippen LogP) is 3.73. The van der Waals surface area contributed by atoms with Crippen molar-refractivity contribution in [3.63, 3.8) is 0 Å². The van der Waals surface area contributed by atoms with Gasteiger partial charge in [-0.2, -0.15) is 0 Å². The van der Waals surface area contributed by atoms with Crippen molar-refractivity contribution in [3.8, 4) is 0 Å². The van der Waals surface area contributed by atoms with E-state index >= 15 is 0 Å². The quantitative estimate of drug-likeness (QED) is 0.617. The van der Waals surface area contributed by atoms with Crippen LogP contribution in [0.3, 0.4) is 0 Å². The number of nitrogens with zero attached hydrogens (tertiary/aromatic N) is 2. The Morgan fingerprint density at radius 1 is 1.36 bits per heavy atom. The van der Waals surface area contributed by atoms with E-state index in [1.807, 2.05) is 30.5 Å². The highest BCUT2D eigenvalue weighted by Crippen LogP contribution is 2.34. The monoisotopic (exact) mass is 374 g/mol. The van der Waals surface area contributed by atoms with Gasteiger partial charge in [0.15, 0.2) is 0 Å². The number of aromatic nitrogens is 1. The Bertz CT molecular complexity index is 886. The number of amides is 1. The number of aliphatic carboxylic acids is 1. The first-order valence-corrected chi connectivity index (χ1v) is 9.28. The molecule has 1 aliphatic heterocycles. The highest BCUT2D eigenvalue weighted by molar-refractivity contribution is 8.26. The maximum absolute atomic E-state index is 12.4. The topological polar surface area (TPSA) is 62.5 Å². The summed E-state index contributed by atoms with van der Waals surface area (Å²) in [6.07, 6.45) is 6.05. The number of para-hydroxylation sites is 1. The lowest BCUT2D eigenvalue weighted by molar-refractivity contribution is -0.140. The fraction of sp³-hybridized carbons (Fsp3) is 0.278. The van der Waals surface area contributed by atoms with Crippen LogP contribution < -0.4 is 0 Å². The number of carbonyl (C=O) groups excluding carboxylic acids is 1. The Labute approximate surface area is 155 Å². The van der Waals surface area contributed by atoms with E-state index in [2.05, 4.69) is 17.6 Å². The van der Waals surface area contributed by atoms with Crippen LogP contribution in [0.5, 0.6) is 0 Å². The molecule has 1 saturated heterocycles. The van der Waals surface area contributed by atoms with Gasteiger partial charge in [-0.25, -0.2) is 0 Å². The van der Waals surface area contributed by atoms with Gasteiger partial charge in [0.05, 0.1) is 4.91 Å². The number of carbonyl (C=O) groups is 2. The molecule has 0 bridgehead atoms. The summed E-state index contributed by atoms with van der Waals surface area (Å²) in [7, 11) is 0. The number of rotatable bonds is 6. The molecule has 0 atom stereocenters. The zero-order valence-corrected chi connectivity index (χ0v) is 15.4. The number of benzene rings is 1. The van der Waals surface area contributed by atoms with E-state index < -0.39 is 12.5 Å². The highest BCUT2D eigenvalue weighted by Gasteiger charge is 2.33. The largest absolute Gasteiger partial charge is 0.480 e. The number of carboxylic acid groups (broad SMARTS) is 1. The van der Waals surface area contributed by atoms with Crippen LogP contribution in [0.1, 0.15) is 25.3 Å². The van der Waals surface area contributed by atoms with Gasteiger partial charge in [-0.15, -0.1) is 0 Å². The summed E-state index contributed by atoms with van der Waals surface area (Å²) in [5.41, 5.74) is 2.07. The number of thiocarbonyl (C=S) groups is 1. The van der Waals surface area contributed by atoms with E-state index in [1.54, 1.807) is 0 Å². The SMILES string of the molecule is CCCCn1cc(/C=C2/SC(=S)N(CC(=O)O)C2=O)c2ccccc21. The molecule has 0 unspecified atom stereocenters. The molecule has 3 rings (SSSR count). The summed E-state index contributed by atoms with van der Waals surface area (Å²) in [6.45, 7) is 2.67. The van der Waals surface area contributed by atoms with E-state index in [9.17, 15) is 9.59 Å². The smallest absolute Gasteiger partial charge is 0.323 e. The van der Waals surface area contributed by atoms with Crippen LogP contribution in [0.25, 0.3) is 17.0 Å². The van der Waals surface area contributed by atoms with Crippen LogP contribution in [0.15, 0.2) is 35.4 Å². The average Bonchev–Trinajstić information content (AvgIpc) is 3.06. The molecule has 0 aliphatic carbocycles. The molecule has 7 heteroatoms. The molecule has 5 nitrogen and oxygen atoms in total. The lowest BCUT2D eigenvalue weighted by Crippen LogP contribution is -2.33. The first kappa shape index (κ1) is 17.7. The van der Waals surface area contributed by atoms with E-state index in [0.29, 0.717) is 4.91 Å². The van der Waals surface area contributed by atoms with Gasteiger partial charge in [0.1, 0.15) is 10.9 Å². The lowest BCUT2D eigenvalue weighted by Gasteiger charge is -2.10. The van der Waals surface area contributed by atoms with Crippen LogP contribution in [0.4, 0.5) is 0 Å². The van der Waals surface area contributed by atoms with Gasteiger partial charge in [-0.05, 0) is 18.6 Å². The fourth-order valence-corrected chi connectivity index (χ4v) is 4.06. The van der Waals surface area contributed by atoms with Crippen molar-refractivity contribution < 1.29 is 14.7 Å². The van der Waals surface area contributed by atoms with E-state index in [1.165, 1.54) is 0 Å². The number of hydrogen-bond acceptors (Lipinski definition) is 4. The third-order valence-electron chi connectivity index (χ3n) is 4.03. The van der Waals surface area contributed by atoms with Crippen molar-refractivity contribution >= 4 is 57.2 Å². The first-order chi connectivity index (χ1) is 12.0. The number of thioether (sulfide) groups is 1. The van der Waals surface area contributed by atoms with Gasteiger partial charge in [-0.1, -0.05) is 55.5 Å². The summed E-state index contributed by atoms with van der Waals surface area (Å²) < 4.78 is 2.48. The molecule has 1 aliphatic rings. The fourth-order valence-electron chi connectivity index (χ4n) is 2.82. The average molecular weight is 374 g/mol. The minimum absolute atomic E-state index is 0.286. The van der Waals surface area contributed by atoms with Gasteiger partial charge in [0, 0.05) is 29.2 Å². The zero-order chi connectivity index (χ0) is 18.0. The van der Waals surface area contributed by atoms with Gasteiger partial charge < -0.3 is 9.67 Å². The van der Waals surface area contributed by atoms with Crippen molar-refractivity contribution in [1.29, 1.82) is 0 Å². The van der Waals surface area contributed by atoms with E-state index in [0.717, 1.165) is 52.5 Å². The summed E-state index contributed by atoms with van der Waals surface area (Å²) in [6, 6.07) is 8.07. The molecule has 25 heavy (non-hydrogen) atoms. The van der Waals surface area contributed by atoms with Crippen LogP contribution in [-0.2, 0) is 16.1 Å². The Morgan fingerprint density at radius 2 is 2.12 bits per heavy atom. The molecule has 130 valence electrons. The van der Waals surface area contributed by atoms with Crippen LogP contribution in [0, 0.1) is 0 Å². The summed E-state index contributed by atoms with van der Waals surface area (Å²) in [5, 5.41) is 10.00. The Balaban J connectivity index is 1.97. The molecule has 1 aromatic heterocycles. The van der Waals surface area contributed by atoms with Crippen LogP contribution in [0.2, 0.25) is 0 Å². The number of hydrogen-bond donors (Lipinski definition) is 1. The third kappa shape index (κ3) is 3.62. The standard InChI is InChI=1S/C18H18N2O3S2/c1-2-3-8-19-10-12(13-6-4-5-7-14(13)19)9-15-17(23)20(11-16(21)22)18(24)25-15/h4-7,9-10H,2-3,8,11H2,1H3,(H,21,22)/b15-9+. The summed E-state index contributed by atoms with van der Waals surface area (Å²) >= 11 is 6.30. The molecule has 1 fully saturated rings. The molecule has 0 spiro atoms. The zero-order valence-electron chi connectivity index (χ0n) is 13.8. The van der Waals surface area contributed by atoms with Gasteiger partial charge >= 0.3 is 5.97 Å². The first-order valence-electron chi connectivity index (χ1n) is 8.06. The van der Waals surface area contributed by atoms with Gasteiger partial charge in [-0.3, -0.25) is 14.5 Å². The van der Waals surface area contributed by atoms with Crippen LogP contribution in [-0.4, -0.2) is 37.3 Å². The second-order valence-electron chi connectivity index (χ2n) is 5.81. The van der Waals surface area contributed by atoms with Crippen molar-refractivity contribution in [2.24, 2.45) is 0 Å². The molecule has 1 N–H and O–H groups in total. The molecule has 2 aromatic rings. The van der Waals surface area contributed by atoms with Crippen molar-refractivity contribution in [3.05, 3.63) is 40.9 Å². The predicted molar refractivity (Wildman–Crippen MR) is 104 cm³/mol. The number of unbranched alkanes of at least 4 members (excludes halogenated alkanes) is 1. The second-order valence-corrected chi connectivity index (χ2v) is 7.49. The second kappa shape index (κ2) is 7.41. The van der Waals surface area contributed by atoms with E-state index in [-0.39, 0.29) is 10.2 Å². The molecule has 0 radical (unpaired) electrons. The summed E-state index contributed by atoms with van der Waals surface area (Å²) in [5.74, 6) is -1.42. The molecule has 0 saturated carbocycles. The normalized spacial score (nSPS) is 16.4. The number of aryl methyl sites for hydroxylation is 1. The lowest BCUT2D eigenvalue weighted by atomic mass is 10.1. The van der Waals surface area contributed by atoms with E-state index in [4.69, 9.17) is 17.3 Å². The van der Waals surface area contributed by atoms with Crippen molar-refractivity contribution in [2.75, 3.05) is 6.54 Å². The highest BCUT2D eigenvalue weighted by atomic mass is 32.2. The summed E-state index contributed by atoms with van der Waals surface area (Å²) in [4.78, 5) is 24.9. The number of carboxylic acids is 1. The van der Waals surface area contributed by atoms with Crippen molar-refractivity contribution in [2.45, 2.75) is 26.3 Å². The maximum atomic E-state index is 12.4. The van der Waals surface area contributed by atoms with Crippen LogP contribution >= 0.6 is 24.0 Å². The number of fused-ring (bicyclic) bond motifs is 1.